The Morgan fingerprint density at radius 3 is 2.83 bits per heavy atom. The molecule has 0 fully saturated rings. The first-order valence-corrected chi connectivity index (χ1v) is 6.60. The molecule has 0 saturated heterocycles. The molecule has 0 bridgehead atoms. The Morgan fingerprint density at radius 2 is 2.28 bits per heavy atom. The van der Waals surface area contributed by atoms with Crippen molar-refractivity contribution in [2.45, 2.75) is 13.0 Å². The standard InChI is InChI=1S/C13H18BrNO3/c1-3-18-13(17)8-15(2)12(9-16)10-5-4-6-11(14)7-10/h4-7,12,16H,3,8-9H2,1-2H3. The number of esters is 1. The monoisotopic (exact) mass is 315 g/mol. The smallest absolute Gasteiger partial charge is 0.320 e. The maximum atomic E-state index is 11.4. The maximum absolute atomic E-state index is 11.4. The minimum Gasteiger partial charge on any atom is -0.465 e. The molecule has 18 heavy (non-hydrogen) atoms. The molecule has 1 aromatic rings. The molecule has 4 nitrogen and oxygen atoms in total. The van der Waals surface area contributed by atoms with E-state index in [-0.39, 0.29) is 25.2 Å². The molecule has 1 N–H and O–H groups in total. The zero-order valence-corrected chi connectivity index (χ0v) is 12.2. The van der Waals surface area contributed by atoms with E-state index >= 15 is 0 Å². The fourth-order valence-corrected chi connectivity index (χ4v) is 2.15. The van der Waals surface area contributed by atoms with Crippen LogP contribution in [0.4, 0.5) is 0 Å². The lowest BCUT2D eigenvalue weighted by Crippen LogP contribution is -2.33. The zero-order valence-electron chi connectivity index (χ0n) is 10.6. The van der Waals surface area contributed by atoms with Gasteiger partial charge in [-0.25, -0.2) is 0 Å². The van der Waals surface area contributed by atoms with Crippen LogP contribution in [-0.4, -0.2) is 42.8 Å². The zero-order chi connectivity index (χ0) is 13.5. The van der Waals surface area contributed by atoms with Crippen molar-refractivity contribution in [2.24, 2.45) is 0 Å². The van der Waals surface area contributed by atoms with Crippen molar-refractivity contribution in [1.29, 1.82) is 0 Å². The van der Waals surface area contributed by atoms with Gasteiger partial charge in [-0.2, -0.15) is 0 Å². The minimum atomic E-state index is -0.284. The second kappa shape index (κ2) is 7.51. The van der Waals surface area contributed by atoms with Crippen LogP contribution in [0, 0.1) is 0 Å². The summed E-state index contributed by atoms with van der Waals surface area (Å²) >= 11 is 3.39. The average molecular weight is 316 g/mol. The third-order valence-electron chi connectivity index (χ3n) is 2.62. The van der Waals surface area contributed by atoms with Crippen LogP contribution in [0.3, 0.4) is 0 Å². The molecule has 1 rings (SSSR count). The number of halogens is 1. The van der Waals surface area contributed by atoms with Crippen LogP contribution >= 0.6 is 15.9 Å². The summed E-state index contributed by atoms with van der Waals surface area (Å²) < 4.78 is 5.84. The Balaban J connectivity index is 2.73. The molecule has 0 spiro atoms. The number of aliphatic hydroxyl groups excluding tert-OH is 1. The van der Waals surface area contributed by atoms with Gasteiger partial charge in [-0.05, 0) is 31.7 Å². The number of likely N-dealkylation sites (N-methyl/N-ethyl adjacent to an activating group) is 1. The number of benzene rings is 1. The lowest BCUT2D eigenvalue weighted by molar-refractivity contribution is -0.144. The normalized spacial score (nSPS) is 12.5. The van der Waals surface area contributed by atoms with Gasteiger partial charge >= 0.3 is 5.97 Å². The van der Waals surface area contributed by atoms with Gasteiger partial charge in [0.05, 0.1) is 25.8 Å². The number of carbonyl (C=O) groups is 1. The highest BCUT2D eigenvalue weighted by Gasteiger charge is 2.19. The van der Waals surface area contributed by atoms with E-state index in [4.69, 9.17) is 4.74 Å². The molecule has 0 saturated carbocycles. The fraction of sp³-hybridized carbons (Fsp3) is 0.462. The molecular weight excluding hydrogens is 298 g/mol. The van der Waals surface area contributed by atoms with E-state index in [0.717, 1.165) is 10.0 Å². The van der Waals surface area contributed by atoms with Crippen LogP contribution < -0.4 is 0 Å². The number of hydrogen-bond donors (Lipinski definition) is 1. The van der Waals surface area contributed by atoms with E-state index in [9.17, 15) is 9.90 Å². The summed E-state index contributed by atoms with van der Waals surface area (Å²) in [5.41, 5.74) is 0.957. The van der Waals surface area contributed by atoms with Gasteiger partial charge in [0.25, 0.3) is 0 Å². The van der Waals surface area contributed by atoms with E-state index in [0.29, 0.717) is 6.61 Å². The predicted molar refractivity (Wildman–Crippen MR) is 73.2 cm³/mol. The number of ether oxygens (including phenoxy) is 1. The molecule has 0 aliphatic carbocycles. The van der Waals surface area contributed by atoms with Gasteiger partial charge in [-0.15, -0.1) is 0 Å². The van der Waals surface area contributed by atoms with E-state index in [2.05, 4.69) is 15.9 Å². The van der Waals surface area contributed by atoms with Crippen LogP contribution in [0.2, 0.25) is 0 Å². The second-order valence-corrected chi connectivity index (χ2v) is 4.89. The lowest BCUT2D eigenvalue weighted by atomic mass is 10.1. The van der Waals surface area contributed by atoms with Gasteiger partial charge in [-0.1, -0.05) is 28.1 Å². The Morgan fingerprint density at radius 1 is 1.56 bits per heavy atom. The molecule has 0 aliphatic rings. The number of nitrogens with zero attached hydrogens (tertiary/aromatic N) is 1. The number of rotatable bonds is 6. The van der Waals surface area contributed by atoms with Crippen molar-refractivity contribution < 1.29 is 14.6 Å². The third kappa shape index (κ3) is 4.40. The molecule has 100 valence electrons. The van der Waals surface area contributed by atoms with Gasteiger partial charge in [0.1, 0.15) is 0 Å². The molecule has 0 aliphatic heterocycles. The van der Waals surface area contributed by atoms with Crippen LogP contribution in [0.25, 0.3) is 0 Å². The molecule has 1 unspecified atom stereocenters. The highest BCUT2D eigenvalue weighted by molar-refractivity contribution is 9.10. The van der Waals surface area contributed by atoms with Gasteiger partial charge < -0.3 is 9.84 Å². The van der Waals surface area contributed by atoms with Crippen LogP contribution in [0.15, 0.2) is 28.7 Å². The topological polar surface area (TPSA) is 49.8 Å². The van der Waals surface area contributed by atoms with E-state index in [1.807, 2.05) is 24.3 Å². The lowest BCUT2D eigenvalue weighted by Gasteiger charge is -2.26. The van der Waals surface area contributed by atoms with Crippen molar-refractivity contribution in [2.75, 3.05) is 26.8 Å². The van der Waals surface area contributed by atoms with Crippen molar-refractivity contribution in [3.8, 4) is 0 Å². The highest BCUT2D eigenvalue weighted by atomic mass is 79.9. The Hall–Kier alpha value is -0.910. The predicted octanol–water partition coefficient (Wildman–Crippen LogP) is 1.98. The Labute approximate surface area is 116 Å². The molecule has 1 atom stereocenters. The minimum absolute atomic E-state index is 0.0492. The summed E-state index contributed by atoms with van der Waals surface area (Å²) in [7, 11) is 1.79. The maximum Gasteiger partial charge on any atom is 0.320 e. The highest BCUT2D eigenvalue weighted by Crippen LogP contribution is 2.22. The fourth-order valence-electron chi connectivity index (χ4n) is 1.73. The third-order valence-corrected chi connectivity index (χ3v) is 3.12. The Bertz CT molecular complexity index is 398. The number of hydrogen-bond acceptors (Lipinski definition) is 4. The van der Waals surface area contributed by atoms with Gasteiger partial charge in [0.15, 0.2) is 0 Å². The van der Waals surface area contributed by atoms with Gasteiger partial charge in [0, 0.05) is 4.47 Å². The SMILES string of the molecule is CCOC(=O)CN(C)C(CO)c1cccc(Br)c1. The first-order chi connectivity index (χ1) is 8.58. The quantitative estimate of drug-likeness (QED) is 0.816. The molecule has 0 aromatic heterocycles. The van der Waals surface area contributed by atoms with Crippen LogP contribution in [-0.2, 0) is 9.53 Å². The first-order valence-electron chi connectivity index (χ1n) is 5.80. The molecule has 0 amide bonds. The Kier molecular flexibility index (Phi) is 6.32. The van der Waals surface area contributed by atoms with Crippen molar-refractivity contribution in [3.05, 3.63) is 34.3 Å². The van der Waals surface area contributed by atoms with E-state index < -0.39 is 0 Å². The summed E-state index contributed by atoms with van der Waals surface area (Å²) in [5.74, 6) is -0.284. The number of carbonyl (C=O) groups excluding carboxylic acids is 1. The largest absolute Gasteiger partial charge is 0.465 e. The molecule has 1 aromatic carbocycles. The molecule has 0 heterocycles. The molecule has 0 radical (unpaired) electrons. The van der Waals surface area contributed by atoms with Gasteiger partial charge in [0.2, 0.25) is 0 Å². The van der Waals surface area contributed by atoms with E-state index in [1.165, 1.54) is 0 Å². The molecular formula is C13H18BrNO3. The summed E-state index contributed by atoms with van der Waals surface area (Å²) in [5, 5.41) is 9.47. The first kappa shape index (κ1) is 15.1. The van der Waals surface area contributed by atoms with Crippen molar-refractivity contribution in [3.63, 3.8) is 0 Å². The molecule has 5 heteroatoms. The summed E-state index contributed by atoms with van der Waals surface area (Å²) in [6.07, 6.45) is 0. The number of aliphatic hydroxyl groups is 1. The van der Waals surface area contributed by atoms with Crippen LogP contribution in [0.1, 0.15) is 18.5 Å². The second-order valence-electron chi connectivity index (χ2n) is 3.97. The summed E-state index contributed by atoms with van der Waals surface area (Å²) in [6.45, 7) is 2.25. The van der Waals surface area contributed by atoms with Crippen molar-refractivity contribution >= 4 is 21.9 Å². The van der Waals surface area contributed by atoms with Crippen molar-refractivity contribution in [1.82, 2.24) is 4.90 Å². The summed E-state index contributed by atoms with van der Waals surface area (Å²) in [4.78, 5) is 13.2. The van der Waals surface area contributed by atoms with Gasteiger partial charge in [-0.3, -0.25) is 9.69 Å². The summed E-state index contributed by atoms with van der Waals surface area (Å²) in [6, 6.07) is 7.46. The van der Waals surface area contributed by atoms with Crippen LogP contribution in [0.5, 0.6) is 0 Å². The average Bonchev–Trinajstić information content (AvgIpc) is 2.30. The van der Waals surface area contributed by atoms with E-state index in [1.54, 1.807) is 18.9 Å².